The summed E-state index contributed by atoms with van der Waals surface area (Å²) in [4.78, 5) is 0. The molecule has 0 fully saturated rings. The zero-order chi connectivity index (χ0) is 4.71. The molecular weight excluding hydrogens is 222 g/mol. The number of halogens is 1. The van der Waals surface area contributed by atoms with Crippen molar-refractivity contribution in [2.24, 2.45) is 0 Å². The molecule has 0 bridgehead atoms. The topological polar surface area (TPSA) is 0 Å². The molecule has 0 aliphatic carbocycles. The maximum atomic E-state index is 3.24. The summed E-state index contributed by atoms with van der Waals surface area (Å²) < 4.78 is 0. The summed E-state index contributed by atoms with van der Waals surface area (Å²) in [6, 6.07) is 0. The Bertz CT molecular complexity index is 14.4. The van der Waals surface area contributed by atoms with Crippen molar-refractivity contribution in [1.29, 1.82) is 0 Å². The average molecular weight is 227 g/mol. The summed E-state index contributed by atoms with van der Waals surface area (Å²) in [5.74, 6) is 0. The molecule has 2 heteroatoms. The Labute approximate surface area is 50.3 Å². The molecule has 0 amide bonds. The quantitative estimate of drug-likeness (QED) is 0.437. The Morgan fingerprint density at radius 3 is 1.80 bits per heavy atom. The standard InChI is InChI=1S/C3H5.BrH.Pd/c1-3-2;;/h1H2,2H3;1H;/q-1;;+2/p-1. The Kier molecular flexibility index (Phi) is 38.6. The van der Waals surface area contributed by atoms with E-state index in [-0.39, 0.29) is 0 Å². The van der Waals surface area contributed by atoms with Crippen LogP contribution < -0.4 is 0 Å². The molecule has 0 aliphatic rings. The summed E-state index contributed by atoms with van der Waals surface area (Å²) in [5.41, 5.74) is 0. The Balaban J connectivity index is 0. The first-order valence-electron chi connectivity index (χ1n) is 0.973. The molecule has 34 valence electrons. The fourth-order valence-electron chi connectivity index (χ4n) is 0. The van der Waals surface area contributed by atoms with E-state index in [2.05, 4.69) is 43.3 Å². The minimum atomic E-state index is 1.76. The predicted octanol–water partition coefficient (Wildman–Crippen LogP) is 1.84. The van der Waals surface area contributed by atoms with Gasteiger partial charge in [-0.2, -0.15) is 6.92 Å². The van der Waals surface area contributed by atoms with Gasteiger partial charge < -0.3 is 6.08 Å². The van der Waals surface area contributed by atoms with Gasteiger partial charge in [0.05, 0.1) is 0 Å². The van der Waals surface area contributed by atoms with Crippen LogP contribution >= 0.6 is 13.4 Å². The summed E-state index contributed by atoms with van der Waals surface area (Å²) >= 11 is 5.35. The second kappa shape index (κ2) is 20.8. The fraction of sp³-hybridized carbons (Fsp3) is 0.333. The Morgan fingerprint density at radius 2 is 1.80 bits per heavy atom. The molecule has 0 rings (SSSR count). The van der Waals surface area contributed by atoms with Crippen LogP contribution in [0.4, 0.5) is 0 Å². The number of hydrogen-bond donors (Lipinski definition) is 0. The first kappa shape index (κ1) is 9.30. The zero-order valence-corrected chi connectivity index (χ0v) is 6.04. The molecule has 0 aromatic carbocycles. The normalized spacial score (nSPS) is 4.00. The molecule has 0 nitrogen and oxygen atoms in total. The van der Waals surface area contributed by atoms with Gasteiger partial charge >= 0.3 is 30.6 Å². The van der Waals surface area contributed by atoms with Gasteiger partial charge in [0.2, 0.25) is 0 Å². The summed E-state index contributed by atoms with van der Waals surface area (Å²) in [6.45, 7) is 5.00. The molecule has 0 atom stereocenters. The Morgan fingerprint density at radius 1 is 1.80 bits per heavy atom. The van der Waals surface area contributed by atoms with Crippen LogP contribution in [0.3, 0.4) is 0 Å². The number of hydrogen-bond acceptors (Lipinski definition) is 0. The summed E-state index contributed by atoms with van der Waals surface area (Å²) in [7, 11) is 0. The third-order valence-corrected chi connectivity index (χ3v) is 0. The molecule has 0 heterocycles. The van der Waals surface area contributed by atoms with Crippen molar-refractivity contribution >= 4 is 13.4 Å². The van der Waals surface area contributed by atoms with Crippen LogP contribution in [0.25, 0.3) is 0 Å². The molecule has 0 spiro atoms. The molecule has 0 aliphatic heterocycles. The second-order valence-corrected chi connectivity index (χ2v) is 0.354. The number of allylic oxidation sites excluding steroid dienone is 1. The molecule has 5 heavy (non-hydrogen) atoms. The van der Waals surface area contributed by atoms with E-state index in [1.165, 1.54) is 0 Å². The fourth-order valence-corrected chi connectivity index (χ4v) is 0. The molecule has 0 N–H and O–H groups in total. The first-order valence-corrected chi connectivity index (χ1v) is 4.53. The van der Waals surface area contributed by atoms with E-state index in [0.717, 1.165) is 0 Å². The molecule has 0 unspecified atom stereocenters. The molecule has 0 saturated heterocycles. The van der Waals surface area contributed by atoms with Gasteiger partial charge in [-0.05, 0) is 0 Å². The molecular formula is C3H5BrPd. The molecule has 0 radical (unpaired) electrons. The van der Waals surface area contributed by atoms with E-state index < -0.39 is 0 Å². The van der Waals surface area contributed by atoms with E-state index in [9.17, 15) is 0 Å². The van der Waals surface area contributed by atoms with Crippen LogP contribution in [0.2, 0.25) is 0 Å². The van der Waals surface area contributed by atoms with Crippen molar-refractivity contribution in [3.8, 4) is 0 Å². The van der Waals surface area contributed by atoms with Crippen molar-refractivity contribution in [3.63, 3.8) is 0 Å². The van der Waals surface area contributed by atoms with Gasteiger partial charge in [-0.1, -0.05) is 0 Å². The third kappa shape index (κ3) is 52.1. The van der Waals surface area contributed by atoms with Crippen LogP contribution in [0, 0.1) is 6.08 Å². The van der Waals surface area contributed by atoms with Gasteiger partial charge in [0.15, 0.2) is 0 Å². The van der Waals surface area contributed by atoms with Gasteiger partial charge in [-0.25, -0.2) is 0 Å². The van der Waals surface area contributed by atoms with Crippen molar-refractivity contribution in [3.05, 3.63) is 12.7 Å². The van der Waals surface area contributed by atoms with Crippen LogP contribution in [0.5, 0.6) is 0 Å². The molecule has 0 aromatic heterocycles. The van der Waals surface area contributed by atoms with Crippen LogP contribution in [0.15, 0.2) is 6.58 Å². The van der Waals surface area contributed by atoms with Gasteiger partial charge in [-0.3, -0.25) is 6.58 Å². The van der Waals surface area contributed by atoms with Crippen molar-refractivity contribution in [2.75, 3.05) is 0 Å². The van der Waals surface area contributed by atoms with E-state index in [4.69, 9.17) is 0 Å². The minimum absolute atomic E-state index is 1.76. The average Bonchev–Trinajstić information content (AvgIpc) is 1.46. The van der Waals surface area contributed by atoms with Crippen molar-refractivity contribution < 1.29 is 17.2 Å². The second-order valence-electron chi connectivity index (χ2n) is 0.354. The van der Waals surface area contributed by atoms with Crippen LogP contribution in [-0.2, 0) is 17.2 Å². The molecule has 0 saturated carbocycles. The number of rotatable bonds is 0. The van der Waals surface area contributed by atoms with E-state index in [1.54, 1.807) is 6.92 Å². The zero-order valence-electron chi connectivity index (χ0n) is 2.90. The van der Waals surface area contributed by atoms with E-state index >= 15 is 0 Å². The van der Waals surface area contributed by atoms with Gasteiger partial charge in [0, 0.05) is 0 Å². The third-order valence-electron chi connectivity index (χ3n) is 0. The van der Waals surface area contributed by atoms with Crippen LogP contribution in [0.1, 0.15) is 6.92 Å². The van der Waals surface area contributed by atoms with Gasteiger partial charge in [0.25, 0.3) is 0 Å². The summed E-state index contributed by atoms with van der Waals surface area (Å²) in [5, 5.41) is 0. The van der Waals surface area contributed by atoms with Crippen LogP contribution in [-0.4, -0.2) is 0 Å². The van der Waals surface area contributed by atoms with Crippen molar-refractivity contribution in [2.45, 2.75) is 6.92 Å². The summed E-state index contributed by atoms with van der Waals surface area (Å²) in [6.07, 6.45) is 2.50. The SMILES string of the molecule is C=[C-]C.[Br][Pd+]. The van der Waals surface area contributed by atoms with Gasteiger partial charge in [0.1, 0.15) is 0 Å². The maximum absolute atomic E-state index is 3.24. The predicted molar refractivity (Wildman–Crippen MR) is 23.5 cm³/mol. The van der Waals surface area contributed by atoms with E-state index in [0.29, 0.717) is 0 Å². The van der Waals surface area contributed by atoms with Crippen molar-refractivity contribution in [1.82, 2.24) is 0 Å². The first-order chi connectivity index (χ1) is 2.41. The molecule has 0 aromatic rings. The Hall–Kier alpha value is 0.882. The van der Waals surface area contributed by atoms with E-state index in [1.807, 2.05) is 0 Å². The monoisotopic (exact) mass is 226 g/mol. The van der Waals surface area contributed by atoms with Gasteiger partial charge in [-0.15, -0.1) is 0 Å².